The Balaban J connectivity index is 1.91. The van der Waals surface area contributed by atoms with E-state index in [1.165, 1.54) is 18.0 Å². The lowest BCUT2D eigenvalue weighted by Crippen LogP contribution is -2.20. The lowest BCUT2D eigenvalue weighted by Gasteiger charge is -2.12. The van der Waals surface area contributed by atoms with Crippen molar-refractivity contribution in [3.05, 3.63) is 0 Å². The number of hydrogen-bond acceptors (Lipinski definition) is 6. The number of nitrogens with zero attached hydrogens (tertiary/aromatic N) is 4. The minimum Gasteiger partial charge on any atom is -0.345 e. The average Bonchev–Trinajstić information content (AvgIpc) is 2.70. The van der Waals surface area contributed by atoms with Gasteiger partial charge < -0.3 is 10.6 Å². The Kier molecular flexibility index (Phi) is 2.70. The second kappa shape index (κ2) is 3.97. The number of rotatable bonds is 3. The Morgan fingerprint density at radius 1 is 1.62 bits per heavy atom. The highest BCUT2D eigenvalue weighted by Crippen LogP contribution is 2.24. The number of aromatic nitrogens is 3. The van der Waals surface area contributed by atoms with Crippen molar-refractivity contribution < 1.29 is 0 Å². The number of anilines is 1. The van der Waals surface area contributed by atoms with Gasteiger partial charge in [0.1, 0.15) is 0 Å². The highest BCUT2D eigenvalue weighted by atomic mass is 32.1. The Hall–Kier alpha value is -0.750. The fourth-order valence-electron chi connectivity index (χ4n) is 1.73. The molecule has 0 aliphatic carbocycles. The van der Waals surface area contributed by atoms with Gasteiger partial charge in [-0.3, -0.25) is 0 Å². The predicted octanol–water partition coefficient (Wildman–Crippen LogP) is 0.108. The van der Waals surface area contributed by atoms with Gasteiger partial charge in [0.2, 0.25) is 5.13 Å². The molecule has 1 aromatic heterocycles. The third-order valence-corrected chi connectivity index (χ3v) is 3.08. The van der Waals surface area contributed by atoms with Crippen LogP contribution in [0.4, 0.5) is 5.13 Å². The summed E-state index contributed by atoms with van der Waals surface area (Å²) in [4.78, 5) is 2.24. The molecule has 0 amide bonds. The van der Waals surface area contributed by atoms with Crippen LogP contribution in [0.5, 0.6) is 0 Å². The molecule has 2 heterocycles. The average molecular weight is 199 g/mol. The minimum absolute atomic E-state index is 0.730. The van der Waals surface area contributed by atoms with Crippen molar-refractivity contribution in [2.75, 3.05) is 24.5 Å². The maximum Gasteiger partial charge on any atom is 0.227 e. The van der Waals surface area contributed by atoms with Gasteiger partial charge in [-0.05, 0) is 30.5 Å². The zero-order chi connectivity index (χ0) is 9.10. The van der Waals surface area contributed by atoms with E-state index in [1.54, 1.807) is 0 Å². The van der Waals surface area contributed by atoms with E-state index in [9.17, 15) is 0 Å². The first-order chi connectivity index (χ1) is 6.40. The van der Waals surface area contributed by atoms with Crippen molar-refractivity contribution in [3.8, 4) is 0 Å². The molecule has 0 saturated carbocycles. The van der Waals surface area contributed by atoms with Crippen molar-refractivity contribution in [1.29, 1.82) is 0 Å². The van der Waals surface area contributed by atoms with Gasteiger partial charge in [0, 0.05) is 24.6 Å². The van der Waals surface area contributed by atoms with Crippen molar-refractivity contribution in [2.24, 2.45) is 11.7 Å². The van der Waals surface area contributed by atoms with Crippen LogP contribution < -0.4 is 10.6 Å². The molecule has 13 heavy (non-hydrogen) atoms. The van der Waals surface area contributed by atoms with E-state index < -0.39 is 0 Å². The molecule has 2 N–H and O–H groups in total. The first-order valence-corrected chi connectivity index (χ1v) is 5.27. The highest BCUT2D eigenvalue weighted by Gasteiger charge is 2.23. The summed E-state index contributed by atoms with van der Waals surface area (Å²) in [6.07, 6.45) is 2.33. The minimum atomic E-state index is 0.730. The molecule has 1 fully saturated rings. The number of nitrogens with two attached hydrogens (primary N) is 1. The standard InChI is InChI=1S/C7H13N5S/c8-3-1-6-2-4-12(5-6)7-9-10-11-13-7/h6H,1-5,8H2. The summed E-state index contributed by atoms with van der Waals surface area (Å²) in [6, 6.07) is 0. The van der Waals surface area contributed by atoms with Gasteiger partial charge in [-0.2, -0.15) is 0 Å². The van der Waals surface area contributed by atoms with Crippen LogP contribution in [0, 0.1) is 5.92 Å². The highest BCUT2D eigenvalue weighted by molar-refractivity contribution is 7.09. The van der Waals surface area contributed by atoms with Crippen LogP contribution in [0.25, 0.3) is 0 Å². The maximum absolute atomic E-state index is 5.52. The zero-order valence-corrected chi connectivity index (χ0v) is 8.20. The molecule has 0 aromatic carbocycles. The molecule has 0 radical (unpaired) electrons. The van der Waals surface area contributed by atoms with Crippen LogP contribution in [-0.4, -0.2) is 34.4 Å². The summed E-state index contributed by atoms with van der Waals surface area (Å²) < 4.78 is 3.75. The lowest BCUT2D eigenvalue weighted by molar-refractivity contribution is 0.546. The van der Waals surface area contributed by atoms with Crippen LogP contribution in [-0.2, 0) is 0 Å². The summed E-state index contributed by atoms with van der Waals surface area (Å²) in [6.45, 7) is 2.92. The van der Waals surface area contributed by atoms with E-state index in [1.807, 2.05) is 0 Å². The molecule has 5 nitrogen and oxygen atoms in total. The van der Waals surface area contributed by atoms with E-state index in [0.717, 1.165) is 37.1 Å². The molecule has 2 rings (SSSR count). The Bertz CT molecular complexity index is 249. The van der Waals surface area contributed by atoms with E-state index in [4.69, 9.17) is 5.73 Å². The predicted molar refractivity (Wildman–Crippen MR) is 51.7 cm³/mol. The third-order valence-electron chi connectivity index (χ3n) is 2.42. The van der Waals surface area contributed by atoms with Crippen LogP contribution in [0.3, 0.4) is 0 Å². The SMILES string of the molecule is NCCC1CCN(c2nnns2)C1. The van der Waals surface area contributed by atoms with Crippen molar-refractivity contribution in [1.82, 2.24) is 14.8 Å². The molecule has 6 heteroatoms. The molecule has 1 aliphatic rings. The fraction of sp³-hybridized carbons (Fsp3) is 0.857. The monoisotopic (exact) mass is 199 g/mol. The summed E-state index contributed by atoms with van der Waals surface area (Å²) in [5, 5.41) is 8.48. The fourth-order valence-corrected chi connectivity index (χ4v) is 2.23. The molecule has 1 unspecified atom stereocenters. The lowest BCUT2D eigenvalue weighted by atomic mass is 10.1. The first kappa shape index (κ1) is 8.83. The largest absolute Gasteiger partial charge is 0.345 e. The van der Waals surface area contributed by atoms with Gasteiger partial charge in [-0.25, -0.2) is 0 Å². The van der Waals surface area contributed by atoms with E-state index in [2.05, 4.69) is 19.7 Å². The summed E-state index contributed by atoms with van der Waals surface area (Å²) in [5.74, 6) is 0.730. The Morgan fingerprint density at radius 2 is 2.54 bits per heavy atom. The van der Waals surface area contributed by atoms with Gasteiger partial charge in [0.25, 0.3) is 0 Å². The van der Waals surface area contributed by atoms with Gasteiger partial charge >= 0.3 is 0 Å². The van der Waals surface area contributed by atoms with Crippen LogP contribution >= 0.6 is 11.5 Å². The Labute approximate surface area is 81.1 Å². The first-order valence-electron chi connectivity index (χ1n) is 4.50. The number of hydrogen-bond donors (Lipinski definition) is 1. The molecule has 72 valence electrons. The third kappa shape index (κ3) is 1.94. The van der Waals surface area contributed by atoms with Crippen molar-refractivity contribution in [3.63, 3.8) is 0 Å². The summed E-state index contributed by atoms with van der Waals surface area (Å²) >= 11 is 1.36. The van der Waals surface area contributed by atoms with Gasteiger partial charge in [0.15, 0.2) is 0 Å². The molecular formula is C7H13N5S. The van der Waals surface area contributed by atoms with E-state index in [0.29, 0.717) is 0 Å². The summed E-state index contributed by atoms with van der Waals surface area (Å²) in [7, 11) is 0. The van der Waals surface area contributed by atoms with Gasteiger partial charge in [-0.15, -0.1) is 0 Å². The molecule has 1 aliphatic heterocycles. The van der Waals surface area contributed by atoms with Crippen molar-refractivity contribution >= 4 is 16.7 Å². The zero-order valence-electron chi connectivity index (χ0n) is 7.39. The Morgan fingerprint density at radius 3 is 3.23 bits per heavy atom. The normalized spacial score (nSPS) is 22.5. The van der Waals surface area contributed by atoms with Crippen LogP contribution in [0.1, 0.15) is 12.8 Å². The second-order valence-corrected chi connectivity index (χ2v) is 4.03. The van der Waals surface area contributed by atoms with Gasteiger partial charge in [0.05, 0.1) is 0 Å². The molecular weight excluding hydrogens is 186 g/mol. The van der Waals surface area contributed by atoms with Crippen molar-refractivity contribution in [2.45, 2.75) is 12.8 Å². The van der Waals surface area contributed by atoms with Gasteiger partial charge in [-0.1, -0.05) is 9.59 Å². The molecule has 1 aromatic rings. The quantitative estimate of drug-likeness (QED) is 0.748. The molecule has 0 bridgehead atoms. The smallest absolute Gasteiger partial charge is 0.227 e. The van der Waals surface area contributed by atoms with Crippen LogP contribution in [0.2, 0.25) is 0 Å². The molecule has 1 atom stereocenters. The topological polar surface area (TPSA) is 67.9 Å². The maximum atomic E-state index is 5.52. The molecule has 0 spiro atoms. The molecule has 1 saturated heterocycles. The second-order valence-electron chi connectivity index (χ2n) is 3.32. The van der Waals surface area contributed by atoms with E-state index in [-0.39, 0.29) is 0 Å². The van der Waals surface area contributed by atoms with Crippen LogP contribution in [0.15, 0.2) is 0 Å². The van der Waals surface area contributed by atoms with E-state index >= 15 is 0 Å². The summed E-state index contributed by atoms with van der Waals surface area (Å²) in [5.41, 5.74) is 5.52.